The number of rotatable bonds is 7. The summed E-state index contributed by atoms with van der Waals surface area (Å²) < 4.78 is 1.27. The molecule has 0 saturated carbocycles. The zero-order valence-electron chi connectivity index (χ0n) is 36.4. The number of aromatic nitrogens is 2. The third kappa shape index (κ3) is 6.71. The smallest absolute Gasteiger partial charge is 0.160 e. The van der Waals surface area contributed by atoms with E-state index in [1.807, 2.05) is 17.4 Å². The van der Waals surface area contributed by atoms with Gasteiger partial charge in [0, 0.05) is 31.8 Å². The Kier molecular flexibility index (Phi) is 9.40. The summed E-state index contributed by atoms with van der Waals surface area (Å²) in [7, 11) is 0. The summed E-state index contributed by atoms with van der Waals surface area (Å²) >= 11 is 1.82. The van der Waals surface area contributed by atoms with E-state index in [1.165, 1.54) is 80.5 Å². The van der Waals surface area contributed by atoms with Crippen LogP contribution in [0.15, 0.2) is 243 Å². The Morgan fingerprint density at radius 3 is 1.54 bits per heavy atom. The second kappa shape index (κ2) is 16.2. The van der Waals surface area contributed by atoms with E-state index in [9.17, 15) is 0 Å². The molecular formula is C64H40N2S. The predicted molar refractivity (Wildman–Crippen MR) is 285 cm³/mol. The molecule has 0 bridgehead atoms. The van der Waals surface area contributed by atoms with Crippen LogP contribution in [0.3, 0.4) is 0 Å². The molecule has 2 nitrogen and oxygen atoms in total. The third-order valence-corrected chi connectivity index (χ3v) is 14.5. The van der Waals surface area contributed by atoms with Gasteiger partial charge in [0.1, 0.15) is 0 Å². The summed E-state index contributed by atoms with van der Waals surface area (Å²) in [5.74, 6) is 0.702. The average molecular weight is 869 g/mol. The van der Waals surface area contributed by atoms with E-state index < -0.39 is 0 Å². The van der Waals surface area contributed by atoms with Crippen LogP contribution in [0.4, 0.5) is 0 Å². The zero-order chi connectivity index (χ0) is 44.3. The Hall–Kier alpha value is -8.50. The number of hydrogen-bond acceptors (Lipinski definition) is 3. The highest BCUT2D eigenvalue weighted by Crippen LogP contribution is 2.47. The Morgan fingerprint density at radius 2 is 0.806 bits per heavy atom. The molecule has 13 rings (SSSR count). The van der Waals surface area contributed by atoms with Crippen molar-refractivity contribution < 1.29 is 0 Å². The monoisotopic (exact) mass is 868 g/mol. The molecule has 312 valence electrons. The predicted octanol–water partition coefficient (Wildman–Crippen LogP) is 18.0. The van der Waals surface area contributed by atoms with Crippen LogP contribution in [0.25, 0.3) is 131 Å². The number of nitrogens with zero attached hydrogens (tertiary/aromatic N) is 2. The lowest BCUT2D eigenvalue weighted by Gasteiger charge is -2.19. The van der Waals surface area contributed by atoms with Crippen molar-refractivity contribution in [2.75, 3.05) is 0 Å². The van der Waals surface area contributed by atoms with Gasteiger partial charge in [0.25, 0.3) is 0 Å². The minimum atomic E-state index is 0.702. The van der Waals surface area contributed by atoms with Gasteiger partial charge in [0.05, 0.1) is 11.4 Å². The lowest BCUT2D eigenvalue weighted by Crippen LogP contribution is -1.97. The molecule has 67 heavy (non-hydrogen) atoms. The fourth-order valence-corrected chi connectivity index (χ4v) is 11.3. The average Bonchev–Trinajstić information content (AvgIpc) is 3.85. The van der Waals surface area contributed by atoms with Gasteiger partial charge in [0.2, 0.25) is 0 Å². The molecule has 0 amide bonds. The van der Waals surface area contributed by atoms with Gasteiger partial charge in [-0.1, -0.05) is 224 Å². The Bertz CT molecular complexity index is 3990. The summed E-state index contributed by atoms with van der Waals surface area (Å²) in [5, 5.41) is 11.1. The Morgan fingerprint density at radius 1 is 0.284 bits per heavy atom. The van der Waals surface area contributed by atoms with Gasteiger partial charge in [-0.3, -0.25) is 0 Å². The van der Waals surface area contributed by atoms with Crippen molar-refractivity contribution >= 4 is 64.5 Å². The quantitative estimate of drug-likeness (QED) is 0.118. The molecule has 11 aromatic carbocycles. The second-order valence-electron chi connectivity index (χ2n) is 17.2. The van der Waals surface area contributed by atoms with Crippen molar-refractivity contribution in [2.24, 2.45) is 0 Å². The topological polar surface area (TPSA) is 25.8 Å². The van der Waals surface area contributed by atoms with Gasteiger partial charge in [-0.2, -0.15) is 0 Å². The maximum absolute atomic E-state index is 5.32. The van der Waals surface area contributed by atoms with Crippen molar-refractivity contribution in [1.29, 1.82) is 0 Å². The SMILES string of the molecule is c1ccc(-c2nc(-c3ccccc3-c3cc4ccccc4s3)cc(-c3ccc(-c4ccc(-c5c6ccccc6c(-c6ccccc6)c6c5ccc5ccccc56)cc4)c4ccccc34)n2)cc1. The van der Waals surface area contributed by atoms with E-state index in [2.05, 4.69) is 237 Å². The highest BCUT2D eigenvalue weighted by molar-refractivity contribution is 7.22. The molecule has 2 heterocycles. The van der Waals surface area contributed by atoms with E-state index >= 15 is 0 Å². The van der Waals surface area contributed by atoms with Crippen molar-refractivity contribution in [3.63, 3.8) is 0 Å². The number of hydrogen-bond donors (Lipinski definition) is 0. The summed E-state index contributed by atoms with van der Waals surface area (Å²) in [6.45, 7) is 0. The molecule has 0 aliphatic heterocycles. The fraction of sp³-hybridized carbons (Fsp3) is 0. The van der Waals surface area contributed by atoms with Crippen LogP contribution in [0, 0.1) is 0 Å². The Balaban J connectivity index is 0.953. The van der Waals surface area contributed by atoms with Crippen molar-refractivity contribution in [2.45, 2.75) is 0 Å². The zero-order valence-corrected chi connectivity index (χ0v) is 37.2. The molecule has 0 N–H and O–H groups in total. The van der Waals surface area contributed by atoms with Gasteiger partial charge < -0.3 is 0 Å². The van der Waals surface area contributed by atoms with Crippen molar-refractivity contribution in [1.82, 2.24) is 9.97 Å². The summed E-state index contributed by atoms with van der Waals surface area (Å²) in [4.78, 5) is 11.8. The minimum Gasteiger partial charge on any atom is -0.228 e. The molecule has 0 radical (unpaired) electrons. The summed E-state index contributed by atoms with van der Waals surface area (Å²) in [5.41, 5.74) is 13.4. The van der Waals surface area contributed by atoms with Crippen LogP contribution < -0.4 is 0 Å². The van der Waals surface area contributed by atoms with Gasteiger partial charge in [-0.25, -0.2) is 9.97 Å². The molecule has 2 aromatic heterocycles. The van der Waals surface area contributed by atoms with Crippen LogP contribution in [0.5, 0.6) is 0 Å². The van der Waals surface area contributed by atoms with E-state index in [-0.39, 0.29) is 0 Å². The van der Waals surface area contributed by atoms with E-state index in [0.717, 1.165) is 44.6 Å². The largest absolute Gasteiger partial charge is 0.228 e. The van der Waals surface area contributed by atoms with Gasteiger partial charge in [-0.15, -0.1) is 11.3 Å². The van der Waals surface area contributed by atoms with Crippen LogP contribution in [0.2, 0.25) is 0 Å². The maximum Gasteiger partial charge on any atom is 0.160 e. The molecule has 0 unspecified atom stereocenters. The highest BCUT2D eigenvalue weighted by Gasteiger charge is 2.21. The first kappa shape index (κ1) is 38.9. The van der Waals surface area contributed by atoms with Crippen LogP contribution in [-0.4, -0.2) is 9.97 Å². The lowest BCUT2D eigenvalue weighted by atomic mass is 9.83. The minimum absolute atomic E-state index is 0.702. The third-order valence-electron chi connectivity index (χ3n) is 13.3. The molecule has 0 aliphatic carbocycles. The molecule has 3 heteroatoms. The van der Waals surface area contributed by atoms with Gasteiger partial charge in [0.15, 0.2) is 5.82 Å². The van der Waals surface area contributed by atoms with Gasteiger partial charge in [-0.05, 0) is 100 Å². The number of benzene rings is 11. The standard InChI is InChI=1S/C64H40N2S/c1-3-18-43(19-4-1)62-55-29-15-14-28-54(55)61(56-36-35-41-17-7-9-23-48(41)63(56)62)44-33-31-42(32-34-44)47-37-38-52(50-25-11-10-24-49(47)50)58-40-57(65-64(66-58)45-20-5-2-6-21-45)51-26-12-13-27-53(51)60-39-46-22-8-16-30-59(46)67-60/h1-40H. The number of thiophene rings is 1. The molecule has 13 aromatic rings. The van der Waals surface area contributed by atoms with E-state index in [1.54, 1.807) is 0 Å². The van der Waals surface area contributed by atoms with Crippen LogP contribution in [-0.2, 0) is 0 Å². The molecule has 0 fully saturated rings. The molecule has 0 aliphatic rings. The summed E-state index contributed by atoms with van der Waals surface area (Å²) in [6, 6.07) is 87.7. The second-order valence-corrected chi connectivity index (χ2v) is 18.3. The maximum atomic E-state index is 5.32. The van der Waals surface area contributed by atoms with E-state index in [0.29, 0.717) is 5.82 Å². The van der Waals surface area contributed by atoms with Gasteiger partial charge >= 0.3 is 0 Å². The van der Waals surface area contributed by atoms with Crippen molar-refractivity contribution in [3.05, 3.63) is 243 Å². The van der Waals surface area contributed by atoms with Crippen LogP contribution >= 0.6 is 11.3 Å². The van der Waals surface area contributed by atoms with E-state index in [4.69, 9.17) is 9.97 Å². The first-order valence-electron chi connectivity index (χ1n) is 22.8. The highest BCUT2D eigenvalue weighted by atomic mass is 32.1. The molecule has 0 saturated heterocycles. The van der Waals surface area contributed by atoms with Crippen LogP contribution in [0.1, 0.15) is 0 Å². The molecule has 0 spiro atoms. The first-order chi connectivity index (χ1) is 33.2. The molecular weight excluding hydrogens is 829 g/mol. The molecule has 0 atom stereocenters. The first-order valence-corrected chi connectivity index (χ1v) is 23.6. The normalized spacial score (nSPS) is 11.6. The summed E-state index contributed by atoms with van der Waals surface area (Å²) in [6.07, 6.45) is 0. The lowest BCUT2D eigenvalue weighted by molar-refractivity contribution is 1.19. The number of fused-ring (bicyclic) bond motifs is 6. The Labute approximate surface area is 392 Å². The fourth-order valence-electron chi connectivity index (χ4n) is 10.2. The van der Waals surface area contributed by atoms with Crippen molar-refractivity contribution in [3.8, 4) is 77.7 Å².